The third kappa shape index (κ3) is 1.94. The number of H-pyrrole nitrogens is 1. The van der Waals surface area contributed by atoms with Gasteiger partial charge in [0, 0.05) is 17.1 Å². The highest BCUT2D eigenvalue weighted by molar-refractivity contribution is 5.85. The van der Waals surface area contributed by atoms with Crippen LogP contribution in [0.1, 0.15) is 30.4 Å². The summed E-state index contributed by atoms with van der Waals surface area (Å²) in [5, 5.41) is 9.93. The molecule has 84 valence electrons. The standard InChI is InChI=1S/C13H15NO2/c1-8-3-4-12-10(5-8)11(7-14-12)9(2)6-13(15)16/h3-5,7,9,14H,6H2,1-2H3,(H,15,16). The minimum absolute atomic E-state index is 0.0352. The van der Waals surface area contributed by atoms with E-state index in [2.05, 4.69) is 11.1 Å². The highest BCUT2D eigenvalue weighted by Crippen LogP contribution is 2.28. The number of carbonyl (C=O) groups is 1. The zero-order chi connectivity index (χ0) is 11.7. The average molecular weight is 217 g/mol. The average Bonchev–Trinajstić information content (AvgIpc) is 2.59. The Labute approximate surface area is 94.1 Å². The maximum Gasteiger partial charge on any atom is 0.303 e. The second-order valence-corrected chi connectivity index (χ2v) is 4.29. The van der Waals surface area contributed by atoms with Crippen molar-refractivity contribution in [2.24, 2.45) is 0 Å². The van der Waals surface area contributed by atoms with Gasteiger partial charge in [0.25, 0.3) is 0 Å². The molecule has 1 heterocycles. The Bertz CT molecular complexity index is 528. The van der Waals surface area contributed by atoms with Gasteiger partial charge in [-0.1, -0.05) is 18.6 Å². The van der Waals surface area contributed by atoms with Crippen LogP contribution in [0.3, 0.4) is 0 Å². The molecule has 16 heavy (non-hydrogen) atoms. The van der Waals surface area contributed by atoms with Crippen LogP contribution in [-0.2, 0) is 4.79 Å². The molecule has 2 N–H and O–H groups in total. The summed E-state index contributed by atoms with van der Waals surface area (Å²) in [6, 6.07) is 6.17. The first-order valence-electron chi connectivity index (χ1n) is 5.37. The molecule has 2 rings (SSSR count). The number of fused-ring (bicyclic) bond motifs is 1. The molecule has 0 saturated heterocycles. The summed E-state index contributed by atoms with van der Waals surface area (Å²) in [6.07, 6.45) is 2.08. The molecule has 0 fully saturated rings. The Morgan fingerprint density at radius 3 is 2.94 bits per heavy atom. The van der Waals surface area contributed by atoms with Gasteiger partial charge in [0.2, 0.25) is 0 Å². The number of rotatable bonds is 3. The molecule has 0 spiro atoms. The van der Waals surface area contributed by atoms with E-state index < -0.39 is 5.97 Å². The molecule has 1 aromatic heterocycles. The Hall–Kier alpha value is -1.77. The lowest BCUT2D eigenvalue weighted by Gasteiger charge is -2.07. The maximum absolute atomic E-state index is 10.7. The molecular weight excluding hydrogens is 202 g/mol. The highest BCUT2D eigenvalue weighted by Gasteiger charge is 2.14. The fraction of sp³-hybridized carbons (Fsp3) is 0.308. The van der Waals surface area contributed by atoms with Crippen LogP contribution in [0.2, 0.25) is 0 Å². The van der Waals surface area contributed by atoms with E-state index in [-0.39, 0.29) is 12.3 Å². The highest BCUT2D eigenvalue weighted by atomic mass is 16.4. The Morgan fingerprint density at radius 1 is 1.50 bits per heavy atom. The number of nitrogens with one attached hydrogen (secondary N) is 1. The molecular formula is C13H15NO2. The van der Waals surface area contributed by atoms with Gasteiger partial charge >= 0.3 is 5.97 Å². The van der Waals surface area contributed by atoms with E-state index in [9.17, 15) is 4.79 Å². The minimum atomic E-state index is -0.755. The van der Waals surface area contributed by atoms with E-state index >= 15 is 0 Å². The number of carboxylic acid groups (broad SMARTS) is 1. The van der Waals surface area contributed by atoms with E-state index in [1.807, 2.05) is 32.2 Å². The van der Waals surface area contributed by atoms with Gasteiger partial charge in [-0.2, -0.15) is 0 Å². The molecule has 0 radical (unpaired) electrons. The first kappa shape index (κ1) is 10.7. The van der Waals surface area contributed by atoms with Crippen molar-refractivity contribution in [3.63, 3.8) is 0 Å². The largest absolute Gasteiger partial charge is 0.481 e. The summed E-state index contributed by atoms with van der Waals surface area (Å²) in [7, 11) is 0. The second-order valence-electron chi connectivity index (χ2n) is 4.29. The van der Waals surface area contributed by atoms with Gasteiger partial charge in [-0.25, -0.2) is 0 Å². The van der Waals surface area contributed by atoms with Gasteiger partial charge in [-0.05, 0) is 30.5 Å². The van der Waals surface area contributed by atoms with E-state index in [1.54, 1.807) is 0 Å². The summed E-state index contributed by atoms with van der Waals surface area (Å²) in [5.74, 6) is -0.720. The molecule has 1 aromatic carbocycles. The Morgan fingerprint density at radius 2 is 2.25 bits per heavy atom. The first-order chi connectivity index (χ1) is 7.58. The van der Waals surface area contributed by atoms with E-state index in [1.165, 1.54) is 5.56 Å². The number of aryl methyl sites for hydroxylation is 1. The topological polar surface area (TPSA) is 53.1 Å². The fourth-order valence-corrected chi connectivity index (χ4v) is 2.04. The monoisotopic (exact) mass is 217 g/mol. The fourth-order valence-electron chi connectivity index (χ4n) is 2.04. The van der Waals surface area contributed by atoms with Crippen LogP contribution in [-0.4, -0.2) is 16.1 Å². The lowest BCUT2D eigenvalue weighted by molar-refractivity contribution is -0.137. The summed E-state index contributed by atoms with van der Waals surface area (Å²) >= 11 is 0. The maximum atomic E-state index is 10.7. The normalized spacial score (nSPS) is 12.9. The molecule has 3 nitrogen and oxygen atoms in total. The van der Waals surface area contributed by atoms with Crippen LogP contribution < -0.4 is 0 Å². The van der Waals surface area contributed by atoms with Crippen molar-refractivity contribution in [3.05, 3.63) is 35.5 Å². The van der Waals surface area contributed by atoms with Crippen LogP contribution in [0, 0.1) is 6.92 Å². The smallest absolute Gasteiger partial charge is 0.303 e. The molecule has 0 aliphatic rings. The predicted octanol–water partition coefficient (Wildman–Crippen LogP) is 3.05. The molecule has 3 heteroatoms. The van der Waals surface area contributed by atoms with E-state index in [0.29, 0.717) is 0 Å². The van der Waals surface area contributed by atoms with Gasteiger partial charge in [0.05, 0.1) is 6.42 Å². The Balaban J connectivity index is 2.44. The van der Waals surface area contributed by atoms with Crippen LogP contribution in [0.5, 0.6) is 0 Å². The molecule has 2 aromatic rings. The Kier molecular flexibility index (Phi) is 2.69. The van der Waals surface area contributed by atoms with Gasteiger partial charge in [0.15, 0.2) is 0 Å². The summed E-state index contributed by atoms with van der Waals surface area (Å²) in [6.45, 7) is 3.98. The van der Waals surface area contributed by atoms with Crippen LogP contribution in [0.25, 0.3) is 10.9 Å². The van der Waals surface area contributed by atoms with Crippen molar-refractivity contribution in [1.29, 1.82) is 0 Å². The first-order valence-corrected chi connectivity index (χ1v) is 5.37. The van der Waals surface area contributed by atoms with Crippen molar-refractivity contribution >= 4 is 16.9 Å². The van der Waals surface area contributed by atoms with Crippen LogP contribution in [0.4, 0.5) is 0 Å². The predicted molar refractivity (Wildman–Crippen MR) is 63.7 cm³/mol. The molecule has 0 amide bonds. The van der Waals surface area contributed by atoms with Gasteiger partial charge in [-0.15, -0.1) is 0 Å². The van der Waals surface area contributed by atoms with Gasteiger partial charge in [0.1, 0.15) is 0 Å². The van der Waals surface area contributed by atoms with Gasteiger partial charge in [-0.3, -0.25) is 4.79 Å². The van der Waals surface area contributed by atoms with Crippen molar-refractivity contribution in [2.75, 3.05) is 0 Å². The SMILES string of the molecule is Cc1ccc2[nH]cc(C(C)CC(=O)O)c2c1. The molecule has 0 aliphatic carbocycles. The number of aromatic amines is 1. The number of hydrogen-bond donors (Lipinski definition) is 2. The molecule has 1 unspecified atom stereocenters. The minimum Gasteiger partial charge on any atom is -0.481 e. The quantitative estimate of drug-likeness (QED) is 0.830. The summed E-state index contributed by atoms with van der Waals surface area (Å²) in [5.41, 5.74) is 3.34. The lowest BCUT2D eigenvalue weighted by atomic mass is 9.97. The number of benzene rings is 1. The van der Waals surface area contributed by atoms with E-state index in [4.69, 9.17) is 5.11 Å². The van der Waals surface area contributed by atoms with Crippen molar-refractivity contribution < 1.29 is 9.90 Å². The van der Waals surface area contributed by atoms with Crippen LogP contribution >= 0.6 is 0 Å². The zero-order valence-corrected chi connectivity index (χ0v) is 9.45. The molecule has 0 aliphatic heterocycles. The van der Waals surface area contributed by atoms with Crippen molar-refractivity contribution in [2.45, 2.75) is 26.2 Å². The van der Waals surface area contributed by atoms with Crippen LogP contribution in [0.15, 0.2) is 24.4 Å². The summed E-state index contributed by atoms with van der Waals surface area (Å²) in [4.78, 5) is 13.9. The van der Waals surface area contributed by atoms with Crippen molar-refractivity contribution in [3.8, 4) is 0 Å². The van der Waals surface area contributed by atoms with E-state index in [0.717, 1.165) is 16.5 Å². The number of carboxylic acids is 1. The summed E-state index contributed by atoms with van der Waals surface area (Å²) < 4.78 is 0. The molecule has 0 bridgehead atoms. The number of aliphatic carboxylic acids is 1. The molecule has 0 saturated carbocycles. The lowest BCUT2D eigenvalue weighted by Crippen LogP contribution is -2.02. The zero-order valence-electron chi connectivity index (χ0n) is 9.45. The van der Waals surface area contributed by atoms with Crippen molar-refractivity contribution in [1.82, 2.24) is 4.98 Å². The third-order valence-corrected chi connectivity index (χ3v) is 2.88. The number of aromatic nitrogens is 1. The molecule has 1 atom stereocenters. The third-order valence-electron chi connectivity index (χ3n) is 2.88. The second kappa shape index (κ2) is 4.00. The number of hydrogen-bond acceptors (Lipinski definition) is 1. The van der Waals surface area contributed by atoms with Gasteiger partial charge < -0.3 is 10.1 Å².